The van der Waals surface area contributed by atoms with E-state index in [0.29, 0.717) is 6.54 Å². The van der Waals surface area contributed by atoms with E-state index in [0.717, 1.165) is 11.3 Å². The second kappa shape index (κ2) is 5.67. The third-order valence-corrected chi connectivity index (χ3v) is 2.40. The van der Waals surface area contributed by atoms with E-state index >= 15 is 0 Å². The molecule has 0 aliphatic heterocycles. The average Bonchev–Trinajstić information content (AvgIpc) is 2.89. The fourth-order valence-corrected chi connectivity index (χ4v) is 1.61. The molecule has 1 aromatic carbocycles. The molecule has 0 amide bonds. The van der Waals surface area contributed by atoms with Crippen LogP contribution < -0.4 is 17.2 Å². The Hall–Kier alpha value is -2.83. The number of aliphatic imine (C=N–C) groups is 2. The summed E-state index contributed by atoms with van der Waals surface area (Å²) in [4.78, 5) is 7.77. The van der Waals surface area contributed by atoms with Gasteiger partial charge in [0.25, 0.3) is 0 Å². The van der Waals surface area contributed by atoms with E-state index in [2.05, 4.69) is 15.1 Å². The molecule has 1 heterocycles. The van der Waals surface area contributed by atoms with Crippen molar-refractivity contribution in [2.45, 2.75) is 6.54 Å². The topological polar surface area (TPSA) is 121 Å². The van der Waals surface area contributed by atoms with Gasteiger partial charge < -0.3 is 17.2 Å². The number of nitrogens with zero attached hydrogens (tertiary/aromatic N) is 4. The highest BCUT2D eigenvalue weighted by atomic mass is 15.3. The van der Waals surface area contributed by atoms with Crippen LogP contribution in [0.3, 0.4) is 0 Å². The molecule has 98 valence electrons. The molecule has 2 rings (SSSR count). The molecule has 0 saturated carbocycles. The summed E-state index contributed by atoms with van der Waals surface area (Å²) in [7, 11) is 0. The van der Waals surface area contributed by atoms with Crippen LogP contribution in [0.5, 0.6) is 0 Å². The zero-order chi connectivity index (χ0) is 13.7. The maximum atomic E-state index is 5.57. The van der Waals surface area contributed by atoms with Crippen molar-refractivity contribution < 1.29 is 0 Å². The van der Waals surface area contributed by atoms with Gasteiger partial charge in [-0.1, -0.05) is 18.2 Å². The highest BCUT2D eigenvalue weighted by molar-refractivity contribution is 5.92. The van der Waals surface area contributed by atoms with Crippen LogP contribution in [0.15, 0.2) is 52.7 Å². The van der Waals surface area contributed by atoms with Crippen LogP contribution in [0.4, 0.5) is 0 Å². The third-order valence-electron chi connectivity index (χ3n) is 2.40. The van der Waals surface area contributed by atoms with Gasteiger partial charge in [0, 0.05) is 12.4 Å². The Labute approximate surface area is 110 Å². The number of para-hydroxylation sites is 1. The van der Waals surface area contributed by atoms with E-state index in [1.165, 1.54) is 0 Å². The molecule has 0 fully saturated rings. The molecule has 1 aromatic heterocycles. The minimum absolute atomic E-state index is 0.0512. The van der Waals surface area contributed by atoms with Crippen molar-refractivity contribution in [1.29, 1.82) is 0 Å². The van der Waals surface area contributed by atoms with Crippen LogP contribution in [0, 0.1) is 0 Å². The molecule has 0 spiro atoms. The van der Waals surface area contributed by atoms with Crippen molar-refractivity contribution in [3.05, 3.63) is 48.3 Å². The zero-order valence-corrected chi connectivity index (χ0v) is 10.3. The third kappa shape index (κ3) is 3.32. The fourth-order valence-electron chi connectivity index (χ4n) is 1.61. The number of aromatic nitrogens is 2. The Balaban J connectivity index is 2.25. The lowest BCUT2D eigenvalue weighted by Gasteiger charge is -2.07. The number of rotatable bonds is 3. The molecule has 7 heteroatoms. The van der Waals surface area contributed by atoms with Gasteiger partial charge in [0.2, 0.25) is 5.96 Å². The van der Waals surface area contributed by atoms with Crippen LogP contribution in [0.1, 0.15) is 5.56 Å². The van der Waals surface area contributed by atoms with Crippen LogP contribution in [-0.2, 0) is 6.54 Å². The number of hydrogen-bond donors (Lipinski definition) is 3. The summed E-state index contributed by atoms with van der Waals surface area (Å²) < 4.78 is 1.77. The van der Waals surface area contributed by atoms with Crippen LogP contribution in [-0.4, -0.2) is 21.7 Å². The van der Waals surface area contributed by atoms with E-state index in [1.54, 1.807) is 10.9 Å². The molecular formula is C12H15N7. The van der Waals surface area contributed by atoms with Crippen molar-refractivity contribution in [2.24, 2.45) is 27.2 Å². The number of guanidine groups is 2. The first-order valence-corrected chi connectivity index (χ1v) is 5.64. The highest BCUT2D eigenvalue weighted by Gasteiger charge is 2.03. The molecule has 2 aromatic rings. The van der Waals surface area contributed by atoms with Gasteiger partial charge in [0.05, 0.1) is 12.2 Å². The van der Waals surface area contributed by atoms with Gasteiger partial charge in [-0.25, -0.2) is 9.67 Å². The summed E-state index contributed by atoms with van der Waals surface area (Å²) >= 11 is 0. The van der Waals surface area contributed by atoms with Gasteiger partial charge in [-0.3, -0.25) is 0 Å². The Morgan fingerprint density at radius 2 is 1.95 bits per heavy atom. The smallest absolute Gasteiger partial charge is 0.218 e. The van der Waals surface area contributed by atoms with Crippen molar-refractivity contribution in [3.8, 4) is 5.69 Å². The lowest BCUT2D eigenvalue weighted by atomic mass is 10.2. The van der Waals surface area contributed by atoms with Crippen molar-refractivity contribution >= 4 is 11.9 Å². The number of nitrogens with two attached hydrogens (primary N) is 3. The predicted octanol–water partition coefficient (Wildman–Crippen LogP) is -0.0396. The lowest BCUT2D eigenvalue weighted by Crippen LogP contribution is -2.26. The first-order valence-electron chi connectivity index (χ1n) is 5.64. The molecule has 0 atom stereocenters. The second-order valence-electron chi connectivity index (χ2n) is 3.79. The van der Waals surface area contributed by atoms with E-state index in [4.69, 9.17) is 17.2 Å². The summed E-state index contributed by atoms with van der Waals surface area (Å²) in [5.74, 6) is -0.0584. The summed E-state index contributed by atoms with van der Waals surface area (Å²) in [5.41, 5.74) is 17.9. The standard InChI is InChI=1S/C12H15N7/c13-11(14)18-12(15)16-8-9-4-1-2-5-10(9)19-7-3-6-17-19/h1-7H,8H2,(H6,13,14,15,16,18). The number of hydrogen-bond acceptors (Lipinski definition) is 2. The minimum Gasteiger partial charge on any atom is -0.370 e. The summed E-state index contributed by atoms with van der Waals surface area (Å²) in [6.07, 6.45) is 3.58. The predicted molar refractivity (Wildman–Crippen MR) is 74.7 cm³/mol. The molecule has 0 aliphatic rings. The average molecular weight is 257 g/mol. The normalized spacial score (nSPS) is 11.3. The maximum absolute atomic E-state index is 5.57. The van der Waals surface area contributed by atoms with E-state index in [-0.39, 0.29) is 11.9 Å². The molecule has 0 unspecified atom stereocenters. The quantitative estimate of drug-likeness (QED) is 0.527. The van der Waals surface area contributed by atoms with Crippen molar-refractivity contribution in [2.75, 3.05) is 0 Å². The summed E-state index contributed by atoms with van der Waals surface area (Å²) in [5, 5.41) is 4.19. The van der Waals surface area contributed by atoms with Gasteiger partial charge in [-0.05, 0) is 17.7 Å². The van der Waals surface area contributed by atoms with Crippen molar-refractivity contribution in [1.82, 2.24) is 9.78 Å². The minimum atomic E-state index is -0.110. The lowest BCUT2D eigenvalue weighted by molar-refractivity contribution is 0.858. The largest absolute Gasteiger partial charge is 0.370 e. The van der Waals surface area contributed by atoms with E-state index in [9.17, 15) is 0 Å². The molecule has 6 N–H and O–H groups in total. The van der Waals surface area contributed by atoms with Crippen LogP contribution in [0.25, 0.3) is 5.69 Å². The SMILES string of the molecule is NC(N)=NC(N)=NCc1ccccc1-n1cccn1. The summed E-state index contributed by atoms with van der Waals surface area (Å²) in [6, 6.07) is 9.62. The Morgan fingerprint density at radius 1 is 1.16 bits per heavy atom. The molecule has 0 radical (unpaired) electrons. The molecule has 0 bridgehead atoms. The monoisotopic (exact) mass is 257 g/mol. The van der Waals surface area contributed by atoms with Gasteiger partial charge in [0.15, 0.2) is 5.96 Å². The van der Waals surface area contributed by atoms with Gasteiger partial charge in [-0.15, -0.1) is 0 Å². The van der Waals surface area contributed by atoms with Gasteiger partial charge in [0.1, 0.15) is 0 Å². The highest BCUT2D eigenvalue weighted by Crippen LogP contribution is 2.14. The molecule has 0 saturated heterocycles. The number of benzene rings is 1. The van der Waals surface area contributed by atoms with E-state index < -0.39 is 0 Å². The first-order chi connectivity index (χ1) is 9.16. The Morgan fingerprint density at radius 3 is 2.63 bits per heavy atom. The fraction of sp³-hybridized carbons (Fsp3) is 0.0833. The Kier molecular flexibility index (Phi) is 3.77. The second-order valence-corrected chi connectivity index (χ2v) is 3.79. The first kappa shape index (κ1) is 12.6. The van der Waals surface area contributed by atoms with Crippen molar-refractivity contribution in [3.63, 3.8) is 0 Å². The van der Waals surface area contributed by atoms with Gasteiger partial charge >= 0.3 is 0 Å². The summed E-state index contributed by atoms with van der Waals surface area (Å²) in [6.45, 7) is 0.374. The maximum Gasteiger partial charge on any atom is 0.218 e. The zero-order valence-electron chi connectivity index (χ0n) is 10.3. The van der Waals surface area contributed by atoms with E-state index in [1.807, 2.05) is 36.5 Å². The molecule has 7 nitrogen and oxygen atoms in total. The van der Waals surface area contributed by atoms with Crippen LogP contribution >= 0.6 is 0 Å². The molecule has 0 aliphatic carbocycles. The van der Waals surface area contributed by atoms with Gasteiger partial charge in [-0.2, -0.15) is 10.1 Å². The Bertz CT molecular complexity index is 594. The molecule has 19 heavy (non-hydrogen) atoms. The molecular weight excluding hydrogens is 242 g/mol. The van der Waals surface area contributed by atoms with Crippen LogP contribution in [0.2, 0.25) is 0 Å².